The zero-order valence-electron chi connectivity index (χ0n) is 8.23. The number of hydrogen-bond donors (Lipinski definition) is 1. The van der Waals surface area contributed by atoms with E-state index in [2.05, 4.69) is 6.58 Å². The van der Waals surface area contributed by atoms with Crippen molar-refractivity contribution in [1.29, 1.82) is 0 Å². The average molecular weight is 216 g/mol. The molecule has 82 valence electrons. The number of rotatable bonds is 2. The molecule has 0 fully saturated rings. The van der Waals surface area contributed by atoms with Crippen LogP contribution in [0.4, 0.5) is 13.2 Å². The van der Waals surface area contributed by atoms with Gasteiger partial charge in [0.15, 0.2) is 0 Å². The molecule has 0 saturated carbocycles. The molecule has 0 aliphatic carbocycles. The highest BCUT2D eigenvalue weighted by molar-refractivity contribution is 5.43. The Balaban J connectivity index is 3.25. The molecule has 0 radical (unpaired) electrons. The summed E-state index contributed by atoms with van der Waals surface area (Å²) >= 11 is 0. The molecule has 1 N–H and O–H groups in total. The zero-order valence-corrected chi connectivity index (χ0v) is 8.23. The van der Waals surface area contributed by atoms with Gasteiger partial charge in [0.1, 0.15) is 5.75 Å². The van der Waals surface area contributed by atoms with Gasteiger partial charge in [0.05, 0.1) is 5.56 Å². The summed E-state index contributed by atoms with van der Waals surface area (Å²) in [6.45, 7) is 4.83. The molecule has 4 heteroatoms. The fraction of sp³-hybridized carbons (Fsp3) is 0.273. The van der Waals surface area contributed by atoms with Crippen molar-refractivity contribution in [3.63, 3.8) is 0 Å². The fourth-order valence-electron chi connectivity index (χ4n) is 1.38. The smallest absolute Gasteiger partial charge is 0.416 e. The van der Waals surface area contributed by atoms with Crippen LogP contribution in [-0.4, -0.2) is 5.11 Å². The van der Waals surface area contributed by atoms with Gasteiger partial charge in [-0.05, 0) is 30.5 Å². The Labute approximate surface area is 85.9 Å². The first-order valence-corrected chi connectivity index (χ1v) is 4.37. The number of phenolic OH excluding ortho intramolecular Hbond substituents is 1. The molecule has 0 heterocycles. The molecule has 0 aliphatic rings. The lowest BCUT2D eigenvalue weighted by atomic mass is 10.0. The minimum atomic E-state index is -4.42. The molecule has 0 saturated heterocycles. The molecule has 1 rings (SSSR count). The van der Waals surface area contributed by atoms with Gasteiger partial charge in [-0.15, -0.1) is 6.58 Å². The van der Waals surface area contributed by atoms with E-state index in [4.69, 9.17) is 0 Å². The number of hydrogen-bond acceptors (Lipinski definition) is 1. The summed E-state index contributed by atoms with van der Waals surface area (Å²) in [5, 5.41) is 9.36. The van der Waals surface area contributed by atoms with E-state index in [-0.39, 0.29) is 11.3 Å². The Hall–Kier alpha value is -1.45. The molecule has 0 spiro atoms. The molecule has 0 atom stereocenters. The lowest BCUT2D eigenvalue weighted by molar-refractivity contribution is -0.138. The van der Waals surface area contributed by atoms with E-state index in [0.29, 0.717) is 12.0 Å². The molecule has 0 unspecified atom stereocenters. The first kappa shape index (κ1) is 11.6. The number of aromatic hydroxyl groups is 1. The van der Waals surface area contributed by atoms with Crippen molar-refractivity contribution in [2.24, 2.45) is 0 Å². The van der Waals surface area contributed by atoms with Gasteiger partial charge in [0, 0.05) is 0 Å². The van der Waals surface area contributed by atoms with Gasteiger partial charge < -0.3 is 5.11 Å². The largest absolute Gasteiger partial charge is 0.508 e. The van der Waals surface area contributed by atoms with E-state index in [0.717, 1.165) is 6.07 Å². The van der Waals surface area contributed by atoms with Crippen LogP contribution in [0.25, 0.3) is 0 Å². The Morgan fingerprint density at radius 3 is 2.47 bits per heavy atom. The molecule has 1 aromatic carbocycles. The second kappa shape index (κ2) is 3.96. The number of aryl methyl sites for hydroxylation is 1. The predicted molar refractivity (Wildman–Crippen MR) is 51.7 cm³/mol. The van der Waals surface area contributed by atoms with Gasteiger partial charge in [0.2, 0.25) is 0 Å². The van der Waals surface area contributed by atoms with Crippen molar-refractivity contribution in [2.75, 3.05) is 0 Å². The summed E-state index contributed by atoms with van der Waals surface area (Å²) in [7, 11) is 0. The standard InChI is InChI=1S/C11H11F3O/c1-3-4-8-5-7(2)9(6-10(8)15)11(12,13)14/h3,5-6,15H,1,4H2,2H3. The van der Waals surface area contributed by atoms with Gasteiger partial charge in [-0.3, -0.25) is 0 Å². The first-order chi connectivity index (χ1) is 6.86. The van der Waals surface area contributed by atoms with E-state index < -0.39 is 11.7 Å². The van der Waals surface area contributed by atoms with Crippen LogP contribution in [0.2, 0.25) is 0 Å². The van der Waals surface area contributed by atoms with Crippen LogP contribution in [0.3, 0.4) is 0 Å². The molecule has 1 aromatic rings. The number of halogens is 3. The van der Waals surface area contributed by atoms with Gasteiger partial charge in [-0.25, -0.2) is 0 Å². The van der Waals surface area contributed by atoms with Crippen LogP contribution in [0.5, 0.6) is 5.75 Å². The van der Waals surface area contributed by atoms with Crippen LogP contribution in [0.1, 0.15) is 16.7 Å². The van der Waals surface area contributed by atoms with Crippen molar-refractivity contribution < 1.29 is 18.3 Å². The third-order valence-corrected chi connectivity index (χ3v) is 2.10. The van der Waals surface area contributed by atoms with Crippen molar-refractivity contribution in [3.8, 4) is 5.75 Å². The summed E-state index contributed by atoms with van der Waals surface area (Å²) in [6.07, 6.45) is -2.54. The maximum Gasteiger partial charge on any atom is 0.416 e. The minimum absolute atomic E-state index is 0.108. The summed E-state index contributed by atoms with van der Waals surface area (Å²) in [5.74, 6) is -0.340. The lowest BCUT2D eigenvalue weighted by Gasteiger charge is -2.12. The molecule has 1 nitrogen and oxygen atoms in total. The van der Waals surface area contributed by atoms with Crippen molar-refractivity contribution in [1.82, 2.24) is 0 Å². The third kappa shape index (κ3) is 2.52. The molecule has 0 aromatic heterocycles. The van der Waals surface area contributed by atoms with E-state index in [9.17, 15) is 18.3 Å². The zero-order chi connectivity index (χ0) is 11.6. The van der Waals surface area contributed by atoms with E-state index >= 15 is 0 Å². The third-order valence-electron chi connectivity index (χ3n) is 2.10. The second-order valence-electron chi connectivity index (χ2n) is 3.29. The topological polar surface area (TPSA) is 20.2 Å². The molecule has 0 bridgehead atoms. The molecule has 0 amide bonds. The van der Waals surface area contributed by atoms with Gasteiger partial charge in [0.25, 0.3) is 0 Å². The number of allylic oxidation sites excluding steroid dienone is 1. The van der Waals surface area contributed by atoms with E-state index in [1.165, 1.54) is 19.1 Å². The normalized spacial score (nSPS) is 11.5. The van der Waals surface area contributed by atoms with Crippen LogP contribution in [0, 0.1) is 6.92 Å². The van der Waals surface area contributed by atoms with Crippen molar-refractivity contribution in [2.45, 2.75) is 19.5 Å². The van der Waals surface area contributed by atoms with Crippen LogP contribution in [0.15, 0.2) is 24.8 Å². The van der Waals surface area contributed by atoms with Crippen LogP contribution < -0.4 is 0 Å². The van der Waals surface area contributed by atoms with Crippen LogP contribution >= 0.6 is 0 Å². The molecule has 15 heavy (non-hydrogen) atoms. The van der Waals surface area contributed by atoms with Crippen LogP contribution in [-0.2, 0) is 12.6 Å². The lowest BCUT2D eigenvalue weighted by Crippen LogP contribution is -2.07. The van der Waals surface area contributed by atoms with Crippen molar-refractivity contribution >= 4 is 0 Å². The number of phenols is 1. The van der Waals surface area contributed by atoms with Gasteiger partial charge in [-0.2, -0.15) is 13.2 Å². The Morgan fingerprint density at radius 2 is 2.00 bits per heavy atom. The Bertz CT molecular complexity index is 380. The molecular weight excluding hydrogens is 205 g/mol. The fourth-order valence-corrected chi connectivity index (χ4v) is 1.38. The molecule has 0 aliphatic heterocycles. The van der Waals surface area contributed by atoms with Gasteiger partial charge >= 0.3 is 6.18 Å². The average Bonchev–Trinajstić information content (AvgIpc) is 2.09. The first-order valence-electron chi connectivity index (χ1n) is 4.37. The number of benzene rings is 1. The summed E-state index contributed by atoms with van der Waals surface area (Å²) in [6, 6.07) is 2.09. The Morgan fingerprint density at radius 1 is 1.40 bits per heavy atom. The van der Waals surface area contributed by atoms with E-state index in [1.807, 2.05) is 0 Å². The maximum absolute atomic E-state index is 12.4. The van der Waals surface area contributed by atoms with Gasteiger partial charge in [-0.1, -0.05) is 12.1 Å². The SMILES string of the molecule is C=CCc1cc(C)c(C(F)(F)F)cc1O. The number of alkyl halides is 3. The summed E-state index contributed by atoms with van der Waals surface area (Å²) in [4.78, 5) is 0. The highest BCUT2D eigenvalue weighted by atomic mass is 19.4. The Kier molecular flexibility index (Phi) is 3.07. The predicted octanol–water partition coefficient (Wildman–Crippen LogP) is 3.45. The van der Waals surface area contributed by atoms with E-state index in [1.54, 1.807) is 0 Å². The quantitative estimate of drug-likeness (QED) is 0.751. The highest BCUT2D eigenvalue weighted by Crippen LogP contribution is 2.35. The molecular formula is C11H11F3O. The highest BCUT2D eigenvalue weighted by Gasteiger charge is 2.33. The maximum atomic E-state index is 12.4. The summed E-state index contributed by atoms with van der Waals surface area (Å²) < 4.78 is 37.2. The second-order valence-corrected chi connectivity index (χ2v) is 3.29. The minimum Gasteiger partial charge on any atom is -0.508 e. The van der Waals surface area contributed by atoms with Crippen molar-refractivity contribution in [3.05, 3.63) is 41.5 Å². The summed E-state index contributed by atoms with van der Waals surface area (Å²) in [5.41, 5.74) is -0.236. The monoisotopic (exact) mass is 216 g/mol.